The number of hydrogen-bond acceptors (Lipinski definition) is 8. The van der Waals surface area contributed by atoms with Crippen molar-refractivity contribution in [3.63, 3.8) is 0 Å². The maximum absolute atomic E-state index is 13.6. The maximum Gasteiger partial charge on any atom is 0.333 e. The van der Waals surface area contributed by atoms with E-state index in [1.54, 1.807) is 24.1 Å². The van der Waals surface area contributed by atoms with Crippen LogP contribution in [0.25, 0.3) is 0 Å². The Morgan fingerprint density at radius 3 is 2.52 bits per heavy atom. The van der Waals surface area contributed by atoms with E-state index in [0.29, 0.717) is 18.7 Å². The molecule has 1 amide bonds. The predicted octanol–water partition coefficient (Wildman–Crippen LogP) is 2.23. The molecular formula is C31H33N3O8. The van der Waals surface area contributed by atoms with E-state index in [2.05, 4.69) is 0 Å². The molecule has 11 heteroatoms. The molecule has 11 nitrogen and oxygen atoms in total. The number of methoxy groups -OCH3 is 1. The number of ether oxygens (including phenoxy) is 5. The van der Waals surface area contributed by atoms with Crippen LogP contribution in [-0.2, 0) is 36.7 Å². The number of rotatable bonds is 7. The Balaban J connectivity index is 1.10. The van der Waals surface area contributed by atoms with Crippen LogP contribution in [0.1, 0.15) is 37.6 Å². The van der Waals surface area contributed by atoms with Gasteiger partial charge in [-0.25, -0.2) is 4.79 Å². The van der Waals surface area contributed by atoms with Crippen molar-refractivity contribution in [2.24, 2.45) is 0 Å². The first-order valence-electron chi connectivity index (χ1n) is 14.2. The van der Waals surface area contributed by atoms with Gasteiger partial charge in [0.2, 0.25) is 0 Å². The van der Waals surface area contributed by atoms with Crippen molar-refractivity contribution >= 4 is 11.6 Å². The Kier molecular flexibility index (Phi) is 6.58. The van der Waals surface area contributed by atoms with Gasteiger partial charge in [0.05, 0.1) is 25.9 Å². The van der Waals surface area contributed by atoms with E-state index in [0.717, 1.165) is 23.2 Å². The molecule has 0 bridgehead atoms. The van der Waals surface area contributed by atoms with Crippen molar-refractivity contribution in [1.29, 1.82) is 0 Å². The Morgan fingerprint density at radius 2 is 1.74 bits per heavy atom. The van der Waals surface area contributed by atoms with Crippen molar-refractivity contribution in [2.75, 3.05) is 18.6 Å². The molecule has 3 saturated heterocycles. The lowest BCUT2D eigenvalue weighted by molar-refractivity contribution is -0.198. The van der Waals surface area contributed by atoms with Gasteiger partial charge in [0, 0.05) is 30.9 Å². The van der Waals surface area contributed by atoms with Crippen LogP contribution in [0.2, 0.25) is 0 Å². The van der Waals surface area contributed by atoms with Gasteiger partial charge in [0.15, 0.2) is 18.1 Å². The second-order valence-corrected chi connectivity index (χ2v) is 11.6. The van der Waals surface area contributed by atoms with Crippen LogP contribution in [0.15, 0.2) is 70.4 Å². The fourth-order valence-corrected chi connectivity index (χ4v) is 6.35. The lowest BCUT2D eigenvalue weighted by Crippen LogP contribution is -2.43. The maximum atomic E-state index is 13.6. The lowest BCUT2D eigenvalue weighted by atomic mass is 10.0. The zero-order chi connectivity index (χ0) is 29.2. The van der Waals surface area contributed by atoms with Crippen LogP contribution in [0, 0.1) is 0 Å². The van der Waals surface area contributed by atoms with Crippen molar-refractivity contribution in [2.45, 2.75) is 75.8 Å². The van der Waals surface area contributed by atoms with Crippen molar-refractivity contribution in [1.82, 2.24) is 9.13 Å². The molecule has 3 fully saturated rings. The summed E-state index contributed by atoms with van der Waals surface area (Å²) in [6, 6.07) is 16.5. The summed E-state index contributed by atoms with van der Waals surface area (Å²) in [5.74, 6) is -0.264. The van der Waals surface area contributed by atoms with Crippen molar-refractivity contribution < 1.29 is 28.5 Å². The molecule has 0 saturated carbocycles. The van der Waals surface area contributed by atoms with Crippen molar-refractivity contribution in [3.05, 3.63) is 92.8 Å². The first-order valence-corrected chi connectivity index (χ1v) is 14.2. The average Bonchev–Trinajstić information content (AvgIpc) is 3.32. The normalized spacial score (nSPS) is 28.9. The third-order valence-corrected chi connectivity index (χ3v) is 8.44. The summed E-state index contributed by atoms with van der Waals surface area (Å²) in [6.07, 6.45) is -0.586. The monoisotopic (exact) mass is 575 g/mol. The summed E-state index contributed by atoms with van der Waals surface area (Å²) < 4.78 is 32.5. The van der Waals surface area contributed by atoms with Crippen LogP contribution in [0.4, 0.5) is 5.69 Å². The summed E-state index contributed by atoms with van der Waals surface area (Å²) in [7, 11) is 1.58. The zero-order valence-corrected chi connectivity index (χ0v) is 23.7. The molecule has 4 aliphatic heterocycles. The van der Waals surface area contributed by atoms with Crippen LogP contribution in [0.5, 0.6) is 5.75 Å². The van der Waals surface area contributed by atoms with Crippen LogP contribution >= 0.6 is 0 Å². The Morgan fingerprint density at radius 1 is 0.976 bits per heavy atom. The first-order chi connectivity index (χ1) is 20.2. The average molecular weight is 576 g/mol. The highest BCUT2D eigenvalue weighted by atomic mass is 16.8. The van der Waals surface area contributed by atoms with E-state index >= 15 is 0 Å². The first kappa shape index (κ1) is 27.1. The summed E-state index contributed by atoms with van der Waals surface area (Å²) >= 11 is 0. The fourth-order valence-electron chi connectivity index (χ4n) is 6.35. The van der Waals surface area contributed by atoms with Gasteiger partial charge in [-0.05, 0) is 49.6 Å². The number of nitrogens with zero attached hydrogens (tertiary/aromatic N) is 3. The third kappa shape index (κ3) is 4.76. The quantitative estimate of drug-likeness (QED) is 0.394. The Bertz CT molecular complexity index is 1630. The van der Waals surface area contributed by atoms with E-state index in [1.165, 1.54) is 21.4 Å². The molecule has 0 spiro atoms. The number of epoxide rings is 1. The molecule has 5 heterocycles. The minimum absolute atomic E-state index is 0.0539. The highest BCUT2D eigenvalue weighted by Crippen LogP contribution is 2.46. The van der Waals surface area contributed by atoms with Crippen LogP contribution < -0.4 is 20.9 Å². The number of aromatic nitrogens is 2. The second-order valence-electron chi connectivity index (χ2n) is 11.6. The van der Waals surface area contributed by atoms with Gasteiger partial charge >= 0.3 is 5.69 Å². The molecule has 2 aromatic carbocycles. The topological polar surface area (TPSA) is 114 Å². The van der Waals surface area contributed by atoms with Gasteiger partial charge < -0.3 is 28.6 Å². The van der Waals surface area contributed by atoms with Gasteiger partial charge in [-0.3, -0.25) is 18.7 Å². The summed E-state index contributed by atoms with van der Waals surface area (Å²) in [4.78, 5) is 41.5. The minimum Gasteiger partial charge on any atom is -0.497 e. The zero-order valence-electron chi connectivity index (χ0n) is 23.7. The molecular weight excluding hydrogens is 542 g/mol. The molecule has 7 rings (SSSR count). The third-order valence-electron chi connectivity index (χ3n) is 8.44. The molecule has 0 N–H and O–H groups in total. The highest BCUT2D eigenvalue weighted by Gasteiger charge is 2.59. The molecule has 0 aliphatic carbocycles. The Labute approximate surface area is 242 Å². The van der Waals surface area contributed by atoms with E-state index < -0.39 is 47.7 Å². The molecule has 1 aromatic heterocycles. The van der Waals surface area contributed by atoms with Gasteiger partial charge in [-0.1, -0.05) is 30.3 Å². The Hall–Kier alpha value is -3.77. The number of para-hydroxylation sites is 1. The summed E-state index contributed by atoms with van der Waals surface area (Å²) in [5, 5.41) is 0. The predicted molar refractivity (Wildman–Crippen MR) is 151 cm³/mol. The minimum atomic E-state index is -0.893. The van der Waals surface area contributed by atoms with E-state index in [-0.39, 0.29) is 18.6 Å². The van der Waals surface area contributed by atoms with E-state index in [1.807, 2.05) is 50.2 Å². The number of carbonyl (C=O) groups is 1. The standard InChI is InChI=1S/C31H33N3O8/c1-31(2)41-25-22(16-23-26(39-23)28(36)32-14-12-19-6-4-5-7-21(19)32)40-29(27(25)42-31)33-15-13-24(35)34(30(33)37)17-18-8-10-20(38-3)11-9-18/h4-11,13,15,22-23,25-27,29H,12,14,16-17H2,1-3H3/t22-,23+,25-,26-,27-,29-/m1/s1. The van der Waals surface area contributed by atoms with Crippen LogP contribution in [-0.4, -0.2) is 65.0 Å². The SMILES string of the molecule is COc1ccc(Cn2c(=O)ccn([C@@H]3O[C@H](C[C@@H]4O[C@H]4C(=O)N4CCc5ccccc54)[C@H]4OC(C)(C)O[C@H]43)c2=O)cc1. The number of benzene rings is 2. The summed E-state index contributed by atoms with van der Waals surface area (Å²) in [5.41, 5.74) is 1.94. The second kappa shape index (κ2) is 10.2. The number of hydrogen-bond donors (Lipinski definition) is 0. The van der Waals surface area contributed by atoms with Gasteiger partial charge in [-0.2, -0.15) is 0 Å². The highest BCUT2D eigenvalue weighted by molar-refractivity contribution is 6.00. The van der Waals surface area contributed by atoms with Crippen LogP contribution in [0.3, 0.4) is 0 Å². The summed E-state index contributed by atoms with van der Waals surface area (Å²) in [6.45, 7) is 4.36. The van der Waals surface area contributed by atoms with Gasteiger partial charge in [0.25, 0.3) is 11.5 Å². The molecule has 0 radical (unpaired) electrons. The smallest absolute Gasteiger partial charge is 0.333 e. The number of fused-ring (bicyclic) bond motifs is 2. The fraction of sp³-hybridized carbons (Fsp3) is 0.452. The number of anilines is 1. The molecule has 42 heavy (non-hydrogen) atoms. The van der Waals surface area contributed by atoms with Crippen molar-refractivity contribution in [3.8, 4) is 5.75 Å². The molecule has 220 valence electrons. The molecule has 0 unspecified atom stereocenters. The largest absolute Gasteiger partial charge is 0.497 e. The van der Waals surface area contributed by atoms with E-state index in [9.17, 15) is 14.4 Å². The lowest BCUT2D eigenvalue weighted by Gasteiger charge is -2.25. The number of carbonyl (C=O) groups excluding carboxylic acids is 1. The van der Waals surface area contributed by atoms with Gasteiger partial charge in [-0.15, -0.1) is 0 Å². The molecule has 4 aliphatic rings. The number of amides is 1. The van der Waals surface area contributed by atoms with E-state index in [4.69, 9.17) is 23.7 Å². The van der Waals surface area contributed by atoms with Gasteiger partial charge in [0.1, 0.15) is 18.0 Å². The molecule has 6 atom stereocenters. The molecule has 3 aromatic rings.